The molecule has 0 spiro atoms. The van der Waals surface area contributed by atoms with Crippen molar-refractivity contribution in [2.75, 3.05) is 6.54 Å². The highest BCUT2D eigenvalue weighted by molar-refractivity contribution is 5.82. The Morgan fingerprint density at radius 2 is 1.95 bits per heavy atom. The number of carbonyl (C=O) groups is 1. The predicted octanol–water partition coefficient (Wildman–Crippen LogP) is 2.51. The average Bonchev–Trinajstić information content (AvgIpc) is 2.79. The molecule has 0 radical (unpaired) electrons. The van der Waals surface area contributed by atoms with Gasteiger partial charge in [0.2, 0.25) is 5.91 Å². The first-order valence-corrected chi connectivity index (χ1v) is 7.21. The van der Waals surface area contributed by atoms with Crippen LogP contribution in [0.5, 0.6) is 0 Å². The van der Waals surface area contributed by atoms with E-state index in [1.165, 1.54) is 12.1 Å². The van der Waals surface area contributed by atoms with Crippen LogP contribution < -0.4 is 5.73 Å². The van der Waals surface area contributed by atoms with Crippen LogP contribution in [0.4, 0.5) is 4.39 Å². The van der Waals surface area contributed by atoms with Crippen molar-refractivity contribution in [3.05, 3.63) is 35.6 Å². The smallest absolute Gasteiger partial charge is 0.240 e. The number of benzene rings is 1. The van der Waals surface area contributed by atoms with Crippen LogP contribution in [0.2, 0.25) is 0 Å². The van der Waals surface area contributed by atoms with Gasteiger partial charge in [-0.1, -0.05) is 26.0 Å². The fourth-order valence-corrected chi connectivity index (χ4v) is 2.79. The van der Waals surface area contributed by atoms with E-state index in [1.54, 1.807) is 0 Å². The molecule has 1 amide bonds. The summed E-state index contributed by atoms with van der Waals surface area (Å²) in [6, 6.07) is 6.31. The van der Waals surface area contributed by atoms with Crippen molar-refractivity contribution in [3.8, 4) is 0 Å². The number of hydrogen-bond donors (Lipinski definition) is 1. The van der Waals surface area contributed by atoms with Crippen LogP contribution >= 0.6 is 0 Å². The molecule has 0 bridgehead atoms. The van der Waals surface area contributed by atoms with E-state index >= 15 is 0 Å². The quantitative estimate of drug-likeness (QED) is 0.923. The zero-order valence-electron chi connectivity index (χ0n) is 12.3. The van der Waals surface area contributed by atoms with Gasteiger partial charge < -0.3 is 10.6 Å². The minimum atomic E-state index is -0.440. The molecule has 1 aromatic carbocycles. The van der Waals surface area contributed by atoms with Crippen LogP contribution in [0.15, 0.2) is 24.3 Å². The van der Waals surface area contributed by atoms with Crippen molar-refractivity contribution in [1.82, 2.24) is 4.90 Å². The van der Waals surface area contributed by atoms with E-state index in [0.717, 1.165) is 12.0 Å². The van der Waals surface area contributed by atoms with Crippen molar-refractivity contribution >= 4 is 5.91 Å². The van der Waals surface area contributed by atoms with Gasteiger partial charge >= 0.3 is 0 Å². The van der Waals surface area contributed by atoms with E-state index in [0.29, 0.717) is 6.54 Å². The average molecular weight is 278 g/mol. The van der Waals surface area contributed by atoms with Crippen LogP contribution in [0.25, 0.3) is 0 Å². The normalized spacial score (nSPS) is 24.2. The van der Waals surface area contributed by atoms with Gasteiger partial charge in [-0.15, -0.1) is 0 Å². The summed E-state index contributed by atoms with van der Waals surface area (Å²) < 4.78 is 13.0. The number of carbonyl (C=O) groups excluding carboxylic acids is 1. The number of rotatable bonds is 3. The summed E-state index contributed by atoms with van der Waals surface area (Å²) in [5.41, 5.74) is 7.05. The maximum Gasteiger partial charge on any atom is 0.240 e. The lowest BCUT2D eigenvalue weighted by molar-refractivity contribution is -0.134. The fraction of sp³-hybridized carbons (Fsp3) is 0.562. The minimum absolute atomic E-state index is 0.0251. The number of halogens is 1. The van der Waals surface area contributed by atoms with Crippen molar-refractivity contribution in [1.29, 1.82) is 0 Å². The van der Waals surface area contributed by atoms with Gasteiger partial charge in [0, 0.05) is 18.5 Å². The maximum atomic E-state index is 13.0. The Labute approximate surface area is 120 Å². The Kier molecular flexibility index (Phi) is 4.43. The topological polar surface area (TPSA) is 46.3 Å². The SMILES string of the molecule is CC(C)[C@H](N)C(=O)N1CC(c2ccc(F)cc2)CC1C. The van der Waals surface area contributed by atoms with Crippen molar-refractivity contribution in [2.45, 2.75) is 45.2 Å². The van der Waals surface area contributed by atoms with E-state index < -0.39 is 6.04 Å². The van der Waals surface area contributed by atoms with Gasteiger partial charge in [-0.25, -0.2) is 4.39 Å². The molecule has 0 saturated carbocycles. The number of likely N-dealkylation sites (tertiary alicyclic amines) is 1. The Bertz CT molecular complexity index is 472. The Morgan fingerprint density at radius 3 is 2.50 bits per heavy atom. The molecule has 0 aromatic heterocycles. The molecular formula is C16H23FN2O. The Morgan fingerprint density at radius 1 is 1.35 bits per heavy atom. The first-order valence-electron chi connectivity index (χ1n) is 7.21. The molecule has 2 rings (SSSR count). The van der Waals surface area contributed by atoms with Crippen LogP contribution in [0.1, 0.15) is 38.7 Å². The highest BCUT2D eigenvalue weighted by atomic mass is 19.1. The highest BCUT2D eigenvalue weighted by Gasteiger charge is 2.35. The molecule has 1 aromatic rings. The van der Waals surface area contributed by atoms with Crippen molar-refractivity contribution < 1.29 is 9.18 Å². The highest BCUT2D eigenvalue weighted by Crippen LogP contribution is 2.32. The number of hydrogen-bond acceptors (Lipinski definition) is 2. The molecule has 2 N–H and O–H groups in total. The molecule has 1 saturated heterocycles. The minimum Gasteiger partial charge on any atom is -0.338 e. The largest absolute Gasteiger partial charge is 0.338 e. The zero-order chi connectivity index (χ0) is 14.9. The molecule has 3 atom stereocenters. The summed E-state index contributed by atoms with van der Waals surface area (Å²) in [6.45, 7) is 6.64. The second-order valence-corrected chi connectivity index (χ2v) is 6.09. The molecule has 1 heterocycles. The van der Waals surface area contributed by atoms with Gasteiger partial charge in [0.25, 0.3) is 0 Å². The van der Waals surface area contributed by atoms with Crippen LogP contribution in [0.3, 0.4) is 0 Å². The number of nitrogens with zero attached hydrogens (tertiary/aromatic N) is 1. The fourth-order valence-electron chi connectivity index (χ4n) is 2.79. The molecule has 2 unspecified atom stereocenters. The van der Waals surface area contributed by atoms with Gasteiger partial charge in [0.1, 0.15) is 5.82 Å². The first kappa shape index (κ1) is 15.0. The number of nitrogens with two attached hydrogens (primary N) is 1. The molecule has 20 heavy (non-hydrogen) atoms. The Hall–Kier alpha value is -1.42. The molecule has 1 aliphatic heterocycles. The second kappa shape index (κ2) is 5.92. The molecule has 1 aliphatic rings. The summed E-state index contributed by atoms with van der Waals surface area (Å²) in [5.74, 6) is 0.208. The lowest BCUT2D eigenvalue weighted by Crippen LogP contribution is -2.47. The monoisotopic (exact) mass is 278 g/mol. The second-order valence-electron chi connectivity index (χ2n) is 6.09. The van der Waals surface area contributed by atoms with E-state index in [1.807, 2.05) is 30.9 Å². The van der Waals surface area contributed by atoms with E-state index in [-0.39, 0.29) is 29.6 Å². The standard InChI is InChI=1S/C16H23FN2O/c1-10(2)15(18)16(20)19-9-13(8-11(19)3)12-4-6-14(17)7-5-12/h4-7,10-11,13,15H,8-9,18H2,1-3H3/t11?,13?,15-/m0/s1. The number of amides is 1. The van der Waals surface area contributed by atoms with Gasteiger partial charge in [-0.05, 0) is 37.0 Å². The van der Waals surface area contributed by atoms with Crippen LogP contribution in [-0.4, -0.2) is 29.4 Å². The van der Waals surface area contributed by atoms with Gasteiger partial charge in [0.05, 0.1) is 6.04 Å². The summed E-state index contributed by atoms with van der Waals surface area (Å²) >= 11 is 0. The summed E-state index contributed by atoms with van der Waals surface area (Å²) in [4.78, 5) is 14.2. The van der Waals surface area contributed by atoms with E-state index in [9.17, 15) is 9.18 Å². The third kappa shape index (κ3) is 3.01. The van der Waals surface area contributed by atoms with Crippen LogP contribution in [0, 0.1) is 11.7 Å². The third-order valence-corrected chi connectivity index (χ3v) is 4.20. The van der Waals surface area contributed by atoms with Crippen LogP contribution in [-0.2, 0) is 4.79 Å². The molecule has 4 heteroatoms. The summed E-state index contributed by atoms with van der Waals surface area (Å²) in [7, 11) is 0. The summed E-state index contributed by atoms with van der Waals surface area (Å²) in [6.07, 6.45) is 0.905. The molecule has 3 nitrogen and oxygen atoms in total. The maximum absolute atomic E-state index is 13.0. The van der Waals surface area contributed by atoms with Gasteiger partial charge in [0.15, 0.2) is 0 Å². The molecular weight excluding hydrogens is 255 g/mol. The molecule has 0 aliphatic carbocycles. The van der Waals surface area contributed by atoms with Crippen molar-refractivity contribution in [3.63, 3.8) is 0 Å². The van der Waals surface area contributed by atoms with E-state index in [4.69, 9.17) is 5.73 Å². The Balaban J connectivity index is 2.09. The third-order valence-electron chi connectivity index (χ3n) is 4.20. The first-order chi connectivity index (χ1) is 9.40. The lowest BCUT2D eigenvalue weighted by atomic mass is 9.97. The van der Waals surface area contributed by atoms with Gasteiger partial charge in [-0.3, -0.25) is 4.79 Å². The van der Waals surface area contributed by atoms with E-state index in [2.05, 4.69) is 6.92 Å². The zero-order valence-corrected chi connectivity index (χ0v) is 12.3. The summed E-state index contributed by atoms with van der Waals surface area (Å²) in [5, 5.41) is 0. The van der Waals surface area contributed by atoms with Crippen molar-refractivity contribution in [2.24, 2.45) is 11.7 Å². The van der Waals surface area contributed by atoms with Gasteiger partial charge in [-0.2, -0.15) is 0 Å². The lowest BCUT2D eigenvalue weighted by Gasteiger charge is -2.26. The predicted molar refractivity (Wildman–Crippen MR) is 77.7 cm³/mol. The molecule has 1 fully saturated rings. The molecule has 110 valence electrons.